The Kier molecular flexibility index (Phi) is 3.53. The minimum atomic E-state index is -0.685. The number of carboxylic acid groups (broad SMARTS) is 1. The second kappa shape index (κ2) is 4.45. The van der Waals surface area contributed by atoms with E-state index < -0.39 is 5.97 Å². The highest BCUT2D eigenvalue weighted by atomic mass is 16.4. The quantitative estimate of drug-likeness (QED) is 0.591. The third-order valence-corrected chi connectivity index (χ3v) is 2.33. The van der Waals surface area contributed by atoms with Gasteiger partial charge in [0, 0.05) is 12.5 Å². The topological polar surface area (TPSA) is 49.3 Å². The van der Waals surface area contributed by atoms with Crippen LogP contribution in [-0.2, 0) is 4.79 Å². The number of rotatable bonds is 6. The molecule has 3 heteroatoms. The lowest BCUT2D eigenvalue weighted by Crippen LogP contribution is -2.19. The fraction of sp³-hybridized carbons (Fsp3) is 0.889. The van der Waals surface area contributed by atoms with E-state index in [1.54, 1.807) is 0 Å². The van der Waals surface area contributed by atoms with E-state index in [4.69, 9.17) is 5.11 Å². The van der Waals surface area contributed by atoms with Crippen molar-refractivity contribution in [1.29, 1.82) is 0 Å². The monoisotopic (exact) mass is 171 g/mol. The molecule has 70 valence electrons. The van der Waals surface area contributed by atoms with Crippen molar-refractivity contribution in [2.24, 2.45) is 5.92 Å². The Bertz CT molecular complexity index is 159. The molecule has 2 atom stereocenters. The predicted octanol–water partition coefficient (Wildman–Crippen LogP) is 1.24. The van der Waals surface area contributed by atoms with Crippen LogP contribution in [0, 0.1) is 5.92 Å². The summed E-state index contributed by atoms with van der Waals surface area (Å²) in [5.41, 5.74) is 0. The second-order valence-electron chi connectivity index (χ2n) is 3.62. The molecule has 0 aromatic heterocycles. The molecule has 0 aliphatic heterocycles. The average molecular weight is 171 g/mol. The van der Waals surface area contributed by atoms with Gasteiger partial charge in [-0.1, -0.05) is 6.92 Å². The van der Waals surface area contributed by atoms with E-state index in [2.05, 4.69) is 12.2 Å². The Morgan fingerprint density at radius 2 is 2.25 bits per heavy atom. The van der Waals surface area contributed by atoms with Gasteiger partial charge in [-0.2, -0.15) is 0 Å². The van der Waals surface area contributed by atoms with Crippen molar-refractivity contribution in [3.05, 3.63) is 0 Å². The Labute approximate surface area is 73.2 Å². The highest BCUT2D eigenvalue weighted by molar-refractivity contribution is 5.66. The molecule has 0 aromatic rings. The van der Waals surface area contributed by atoms with Crippen molar-refractivity contribution in [1.82, 2.24) is 5.32 Å². The van der Waals surface area contributed by atoms with Gasteiger partial charge >= 0.3 is 5.97 Å². The molecule has 0 amide bonds. The van der Waals surface area contributed by atoms with E-state index in [0.717, 1.165) is 31.3 Å². The predicted molar refractivity (Wildman–Crippen MR) is 47.1 cm³/mol. The van der Waals surface area contributed by atoms with Crippen LogP contribution < -0.4 is 5.32 Å². The van der Waals surface area contributed by atoms with Gasteiger partial charge < -0.3 is 10.4 Å². The molecule has 12 heavy (non-hydrogen) atoms. The third-order valence-electron chi connectivity index (χ3n) is 2.33. The summed E-state index contributed by atoms with van der Waals surface area (Å²) in [5, 5.41) is 11.7. The van der Waals surface area contributed by atoms with Crippen molar-refractivity contribution in [3.8, 4) is 0 Å². The first-order chi connectivity index (χ1) is 5.70. The van der Waals surface area contributed by atoms with Crippen LogP contribution in [0.15, 0.2) is 0 Å². The number of nitrogens with one attached hydrogen (secondary N) is 1. The molecule has 1 aliphatic rings. The number of carbonyl (C=O) groups is 1. The van der Waals surface area contributed by atoms with Gasteiger partial charge in [0.2, 0.25) is 0 Å². The van der Waals surface area contributed by atoms with Gasteiger partial charge in [0.05, 0.1) is 0 Å². The van der Waals surface area contributed by atoms with E-state index >= 15 is 0 Å². The zero-order chi connectivity index (χ0) is 8.97. The molecule has 1 aliphatic carbocycles. The van der Waals surface area contributed by atoms with Gasteiger partial charge in [0.25, 0.3) is 0 Å². The van der Waals surface area contributed by atoms with Crippen LogP contribution in [-0.4, -0.2) is 23.7 Å². The summed E-state index contributed by atoms with van der Waals surface area (Å²) in [6, 6.07) is 0.717. The summed E-state index contributed by atoms with van der Waals surface area (Å²) in [5.74, 6) is 0.152. The first kappa shape index (κ1) is 9.52. The molecule has 0 bridgehead atoms. The molecule has 1 saturated carbocycles. The van der Waals surface area contributed by atoms with E-state index in [1.165, 1.54) is 6.42 Å². The van der Waals surface area contributed by atoms with Crippen LogP contribution in [0.4, 0.5) is 0 Å². The maximum atomic E-state index is 10.1. The fourth-order valence-electron chi connectivity index (χ4n) is 1.30. The molecule has 0 heterocycles. The third kappa shape index (κ3) is 3.72. The number of carboxylic acids is 1. The molecule has 0 radical (unpaired) electrons. The molecule has 2 unspecified atom stereocenters. The summed E-state index contributed by atoms with van der Waals surface area (Å²) >= 11 is 0. The van der Waals surface area contributed by atoms with Gasteiger partial charge in [0.1, 0.15) is 0 Å². The molecule has 3 nitrogen and oxygen atoms in total. The van der Waals surface area contributed by atoms with Crippen LogP contribution in [0.1, 0.15) is 32.6 Å². The maximum absolute atomic E-state index is 10.1. The van der Waals surface area contributed by atoms with Gasteiger partial charge in [-0.05, 0) is 31.7 Å². The van der Waals surface area contributed by atoms with Crippen LogP contribution >= 0.6 is 0 Å². The summed E-state index contributed by atoms with van der Waals surface area (Å²) < 4.78 is 0. The zero-order valence-electron chi connectivity index (χ0n) is 7.55. The summed E-state index contributed by atoms with van der Waals surface area (Å²) in [4.78, 5) is 10.1. The molecule has 0 spiro atoms. The SMILES string of the molecule is CC1CC1NCCCCC(=O)O. The van der Waals surface area contributed by atoms with Crippen molar-refractivity contribution in [3.63, 3.8) is 0 Å². The fourth-order valence-corrected chi connectivity index (χ4v) is 1.30. The minimum absolute atomic E-state index is 0.307. The van der Waals surface area contributed by atoms with Crippen LogP contribution in [0.5, 0.6) is 0 Å². The van der Waals surface area contributed by atoms with E-state index in [1.807, 2.05) is 0 Å². The number of unbranched alkanes of at least 4 members (excludes halogenated alkanes) is 1. The Morgan fingerprint density at radius 3 is 2.75 bits per heavy atom. The molecule has 0 aromatic carbocycles. The molecule has 1 fully saturated rings. The van der Waals surface area contributed by atoms with Crippen molar-refractivity contribution in [2.75, 3.05) is 6.54 Å². The smallest absolute Gasteiger partial charge is 0.303 e. The van der Waals surface area contributed by atoms with E-state index in [0.29, 0.717) is 6.42 Å². The standard InChI is InChI=1S/C9H17NO2/c1-7-6-8(7)10-5-3-2-4-9(11)12/h7-8,10H,2-6H2,1H3,(H,11,12). The number of aliphatic carboxylic acids is 1. The normalized spacial score (nSPS) is 27.1. The average Bonchev–Trinajstić information content (AvgIpc) is 2.65. The maximum Gasteiger partial charge on any atom is 0.303 e. The molecular formula is C9H17NO2. The summed E-state index contributed by atoms with van der Waals surface area (Å²) in [6.07, 6.45) is 3.37. The highest BCUT2D eigenvalue weighted by Crippen LogP contribution is 2.28. The van der Waals surface area contributed by atoms with E-state index in [-0.39, 0.29) is 0 Å². The van der Waals surface area contributed by atoms with Crippen LogP contribution in [0.3, 0.4) is 0 Å². The molecule has 1 rings (SSSR count). The van der Waals surface area contributed by atoms with Crippen molar-refractivity contribution in [2.45, 2.75) is 38.6 Å². The largest absolute Gasteiger partial charge is 0.481 e. The zero-order valence-corrected chi connectivity index (χ0v) is 7.55. The highest BCUT2D eigenvalue weighted by Gasteiger charge is 2.31. The Balaban J connectivity index is 1.80. The van der Waals surface area contributed by atoms with Crippen LogP contribution in [0.25, 0.3) is 0 Å². The Hall–Kier alpha value is -0.570. The first-order valence-corrected chi connectivity index (χ1v) is 4.65. The number of hydrogen-bond donors (Lipinski definition) is 2. The molecule has 2 N–H and O–H groups in total. The lowest BCUT2D eigenvalue weighted by Gasteiger charge is -2.00. The van der Waals surface area contributed by atoms with Gasteiger partial charge in [-0.25, -0.2) is 0 Å². The first-order valence-electron chi connectivity index (χ1n) is 4.65. The van der Waals surface area contributed by atoms with Gasteiger partial charge in [0.15, 0.2) is 0 Å². The second-order valence-corrected chi connectivity index (χ2v) is 3.62. The minimum Gasteiger partial charge on any atom is -0.481 e. The molecular weight excluding hydrogens is 154 g/mol. The van der Waals surface area contributed by atoms with Gasteiger partial charge in [-0.15, -0.1) is 0 Å². The van der Waals surface area contributed by atoms with Crippen LogP contribution in [0.2, 0.25) is 0 Å². The summed E-state index contributed by atoms with van der Waals surface area (Å²) in [7, 11) is 0. The number of hydrogen-bond acceptors (Lipinski definition) is 2. The van der Waals surface area contributed by atoms with Crippen molar-refractivity contribution >= 4 is 5.97 Å². The lowest BCUT2D eigenvalue weighted by atomic mass is 10.2. The Morgan fingerprint density at radius 1 is 1.58 bits per heavy atom. The van der Waals surface area contributed by atoms with Gasteiger partial charge in [-0.3, -0.25) is 4.79 Å². The summed E-state index contributed by atoms with van der Waals surface area (Å²) in [6.45, 7) is 3.21. The molecule has 0 saturated heterocycles. The lowest BCUT2D eigenvalue weighted by molar-refractivity contribution is -0.137. The van der Waals surface area contributed by atoms with E-state index in [9.17, 15) is 4.79 Å². The van der Waals surface area contributed by atoms with Crippen molar-refractivity contribution < 1.29 is 9.90 Å².